The number of carbonyl (C=O) groups excluding carboxylic acids is 1. The fourth-order valence-electron chi connectivity index (χ4n) is 1.15. The second kappa shape index (κ2) is 4.87. The zero-order valence-corrected chi connectivity index (χ0v) is 8.33. The summed E-state index contributed by atoms with van der Waals surface area (Å²) in [5.41, 5.74) is 0. The van der Waals surface area contributed by atoms with Gasteiger partial charge in [-0.2, -0.15) is 13.2 Å². The largest absolute Gasteiger partial charge is 0.471 e. The average molecular weight is 233 g/mol. The number of hydrogen-bond acceptors (Lipinski definition) is 2. The molecule has 0 aromatic carbocycles. The van der Waals surface area contributed by atoms with Crippen LogP contribution in [0.1, 0.15) is 5.76 Å². The molecule has 88 valence electrons. The SMILES string of the molecule is C=CCN(Cc1ccco1)C(=O)C(F)(F)F. The van der Waals surface area contributed by atoms with Crippen LogP contribution in [-0.4, -0.2) is 23.5 Å². The molecule has 0 aliphatic heterocycles. The van der Waals surface area contributed by atoms with Crippen LogP contribution in [0.25, 0.3) is 0 Å². The van der Waals surface area contributed by atoms with Crippen molar-refractivity contribution >= 4 is 5.91 Å². The Morgan fingerprint density at radius 3 is 2.69 bits per heavy atom. The van der Waals surface area contributed by atoms with Crippen molar-refractivity contribution in [1.29, 1.82) is 0 Å². The maximum Gasteiger partial charge on any atom is 0.471 e. The van der Waals surface area contributed by atoms with Gasteiger partial charge in [0.15, 0.2) is 0 Å². The zero-order valence-electron chi connectivity index (χ0n) is 8.33. The molecule has 0 saturated carbocycles. The highest BCUT2D eigenvalue weighted by Gasteiger charge is 2.42. The van der Waals surface area contributed by atoms with Crippen LogP contribution in [0.3, 0.4) is 0 Å². The van der Waals surface area contributed by atoms with Gasteiger partial charge in [-0.15, -0.1) is 6.58 Å². The van der Waals surface area contributed by atoms with Gasteiger partial charge < -0.3 is 9.32 Å². The molecular weight excluding hydrogens is 223 g/mol. The molecule has 1 rings (SSSR count). The molecule has 0 unspecified atom stereocenters. The highest BCUT2D eigenvalue weighted by Crippen LogP contribution is 2.20. The minimum absolute atomic E-state index is 0.182. The fraction of sp³-hybridized carbons (Fsp3) is 0.300. The summed E-state index contributed by atoms with van der Waals surface area (Å²) in [5, 5.41) is 0. The molecule has 1 heterocycles. The molecule has 0 bridgehead atoms. The first-order chi connectivity index (χ1) is 7.45. The zero-order chi connectivity index (χ0) is 12.2. The molecule has 1 aromatic heterocycles. The molecule has 1 aromatic rings. The molecule has 0 fully saturated rings. The maximum absolute atomic E-state index is 12.2. The Morgan fingerprint density at radius 2 is 2.25 bits per heavy atom. The van der Waals surface area contributed by atoms with Gasteiger partial charge in [0.2, 0.25) is 0 Å². The summed E-state index contributed by atoms with van der Waals surface area (Å²) in [6.45, 7) is 2.90. The second-order valence-electron chi connectivity index (χ2n) is 3.05. The third-order valence-electron chi connectivity index (χ3n) is 1.81. The monoisotopic (exact) mass is 233 g/mol. The average Bonchev–Trinajstić information content (AvgIpc) is 2.67. The van der Waals surface area contributed by atoms with Crippen molar-refractivity contribution in [3.63, 3.8) is 0 Å². The van der Waals surface area contributed by atoms with E-state index in [0.717, 1.165) is 0 Å². The van der Waals surface area contributed by atoms with Crippen LogP contribution in [0.5, 0.6) is 0 Å². The number of carbonyl (C=O) groups is 1. The molecule has 1 amide bonds. The first-order valence-corrected chi connectivity index (χ1v) is 4.44. The number of alkyl halides is 3. The third kappa shape index (κ3) is 3.15. The fourth-order valence-corrected chi connectivity index (χ4v) is 1.15. The van der Waals surface area contributed by atoms with E-state index < -0.39 is 12.1 Å². The Kier molecular flexibility index (Phi) is 3.76. The van der Waals surface area contributed by atoms with Crippen molar-refractivity contribution < 1.29 is 22.4 Å². The molecule has 0 radical (unpaired) electrons. The van der Waals surface area contributed by atoms with Gasteiger partial charge in [-0.3, -0.25) is 4.79 Å². The van der Waals surface area contributed by atoms with Crippen LogP contribution >= 0.6 is 0 Å². The number of hydrogen-bond donors (Lipinski definition) is 0. The van der Waals surface area contributed by atoms with E-state index in [2.05, 4.69) is 6.58 Å². The Labute approximate surface area is 90.1 Å². The highest BCUT2D eigenvalue weighted by molar-refractivity contribution is 5.81. The van der Waals surface area contributed by atoms with E-state index in [1.807, 2.05) is 0 Å². The summed E-state index contributed by atoms with van der Waals surface area (Å²) in [6, 6.07) is 3.04. The van der Waals surface area contributed by atoms with E-state index in [-0.39, 0.29) is 13.1 Å². The van der Waals surface area contributed by atoms with Crippen molar-refractivity contribution in [3.8, 4) is 0 Å². The standard InChI is InChI=1S/C10H10F3NO2/c1-2-5-14(9(15)10(11,12)13)7-8-4-3-6-16-8/h2-4,6H,1,5,7H2. The van der Waals surface area contributed by atoms with Gasteiger partial charge in [-0.25, -0.2) is 0 Å². The van der Waals surface area contributed by atoms with Crippen LogP contribution in [0.2, 0.25) is 0 Å². The number of rotatable bonds is 4. The topological polar surface area (TPSA) is 33.5 Å². The number of amides is 1. The van der Waals surface area contributed by atoms with E-state index >= 15 is 0 Å². The van der Waals surface area contributed by atoms with Crippen LogP contribution in [0.15, 0.2) is 35.5 Å². The van der Waals surface area contributed by atoms with Crippen LogP contribution in [0.4, 0.5) is 13.2 Å². The molecule has 0 aliphatic rings. The first kappa shape index (κ1) is 12.4. The van der Waals surface area contributed by atoms with E-state index in [4.69, 9.17) is 4.42 Å². The molecule has 6 heteroatoms. The summed E-state index contributed by atoms with van der Waals surface area (Å²) < 4.78 is 41.5. The lowest BCUT2D eigenvalue weighted by atomic mass is 10.3. The van der Waals surface area contributed by atoms with Crippen molar-refractivity contribution in [2.45, 2.75) is 12.7 Å². The van der Waals surface area contributed by atoms with E-state index in [9.17, 15) is 18.0 Å². The molecule has 0 saturated heterocycles. The Morgan fingerprint density at radius 1 is 1.56 bits per heavy atom. The van der Waals surface area contributed by atoms with Gasteiger partial charge >= 0.3 is 12.1 Å². The van der Waals surface area contributed by atoms with Gasteiger partial charge in [0, 0.05) is 6.54 Å². The van der Waals surface area contributed by atoms with Crippen LogP contribution < -0.4 is 0 Å². The van der Waals surface area contributed by atoms with Crippen molar-refractivity contribution in [2.75, 3.05) is 6.54 Å². The second-order valence-corrected chi connectivity index (χ2v) is 3.05. The summed E-state index contributed by atoms with van der Waals surface area (Å²) in [4.78, 5) is 11.6. The van der Waals surface area contributed by atoms with Crippen molar-refractivity contribution in [3.05, 3.63) is 36.8 Å². The first-order valence-electron chi connectivity index (χ1n) is 4.44. The molecular formula is C10H10F3NO2. The van der Waals surface area contributed by atoms with Crippen LogP contribution in [-0.2, 0) is 11.3 Å². The quantitative estimate of drug-likeness (QED) is 0.748. The maximum atomic E-state index is 12.2. The van der Waals surface area contributed by atoms with Crippen LogP contribution in [0, 0.1) is 0 Å². The smallest absolute Gasteiger partial charge is 0.467 e. The van der Waals surface area contributed by atoms with E-state index in [1.54, 1.807) is 6.07 Å². The summed E-state index contributed by atoms with van der Waals surface area (Å²) >= 11 is 0. The van der Waals surface area contributed by atoms with Crippen molar-refractivity contribution in [2.24, 2.45) is 0 Å². The summed E-state index contributed by atoms with van der Waals surface area (Å²) in [5.74, 6) is -1.61. The Hall–Kier alpha value is -1.72. The minimum Gasteiger partial charge on any atom is -0.467 e. The molecule has 0 atom stereocenters. The number of halogens is 3. The number of furan rings is 1. The molecule has 0 N–H and O–H groups in total. The molecule has 3 nitrogen and oxygen atoms in total. The molecule has 0 spiro atoms. The lowest BCUT2D eigenvalue weighted by Gasteiger charge is -2.20. The molecule has 0 aliphatic carbocycles. The Bertz CT molecular complexity index is 357. The predicted molar refractivity (Wildman–Crippen MR) is 50.4 cm³/mol. The minimum atomic E-state index is -4.88. The normalized spacial score (nSPS) is 11.2. The van der Waals surface area contributed by atoms with Gasteiger partial charge in [-0.05, 0) is 12.1 Å². The van der Waals surface area contributed by atoms with Gasteiger partial charge in [0.05, 0.1) is 12.8 Å². The Balaban J connectivity index is 2.75. The van der Waals surface area contributed by atoms with Gasteiger partial charge in [0.1, 0.15) is 5.76 Å². The predicted octanol–water partition coefficient (Wildman–Crippen LogP) is 2.36. The third-order valence-corrected chi connectivity index (χ3v) is 1.81. The van der Waals surface area contributed by atoms with Crippen molar-refractivity contribution in [1.82, 2.24) is 4.90 Å². The highest BCUT2D eigenvalue weighted by atomic mass is 19.4. The number of nitrogens with zero attached hydrogens (tertiary/aromatic N) is 1. The molecule has 16 heavy (non-hydrogen) atoms. The lowest BCUT2D eigenvalue weighted by molar-refractivity contribution is -0.185. The summed E-state index contributed by atoms with van der Waals surface area (Å²) in [6.07, 6.45) is -2.32. The lowest BCUT2D eigenvalue weighted by Crippen LogP contribution is -2.40. The van der Waals surface area contributed by atoms with E-state index in [0.29, 0.717) is 10.7 Å². The van der Waals surface area contributed by atoms with E-state index in [1.165, 1.54) is 18.4 Å². The van der Waals surface area contributed by atoms with Gasteiger partial charge in [0.25, 0.3) is 0 Å². The van der Waals surface area contributed by atoms with Gasteiger partial charge in [-0.1, -0.05) is 6.08 Å². The summed E-state index contributed by atoms with van der Waals surface area (Å²) in [7, 11) is 0.